The van der Waals surface area contributed by atoms with Gasteiger partial charge in [-0.25, -0.2) is 4.79 Å². The summed E-state index contributed by atoms with van der Waals surface area (Å²) >= 11 is 0. The molecular formula is C24H38NO9+. The molecule has 1 heterocycles. The molecule has 192 valence electrons. The van der Waals surface area contributed by atoms with Crippen LogP contribution in [0.25, 0.3) is 0 Å². The molecule has 0 aromatic heterocycles. The van der Waals surface area contributed by atoms with Crippen LogP contribution in [0, 0.1) is 12.3 Å². The molecule has 4 atom stereocenters. The van der Waals surface area contributed by atoms with Crippen molar-refractivity contribution in [3.8, 4) is 12.3 Å². The molecule has 0 aromatic rings. The summed E-state index contributed by atoms with van der Waals surface area (Å²) in [5, 5.41) is 0. The van der Waals surface area contributed by atoms with Gasteiger partial charge in [-0.05, 0) is 25.2 Å². The van der Waals surface area contributed by atoms with Crippen LogP contribution in [0.4, 0.5) is 0 Å². The summed E-state index contributed by atoms with van der Waals surface area (Å²) in [6, 6.07) is 0. The van der Waals surface area contributed by atoms with Crippen LogP contribution in [0.2, 0.25) is 0 Å². The molecule has 0 spiro atoms. The molecule has 0 aliphatic carbocycles. The molecule has 1 fully saturated rings. The molecule has 1 saturated heterocycles. The van der Waals surface area contributed by atoms with Crippen molar-refractivity contribution in [2.24, 2.45) is 0 Å². The van der Waals surface area contributed by atoms with Crippen LogP contribution in [-0.2, 0) is 42.9 Å². The third-order valence-corrected chi connectivity index (χ3v) is 4.89. The number of hydrogen-bond acceptors (Lipinski definition) is 9. The largest absolute Gasteiger partial charge is 0.456 e. The molecule has 10 nitrogen and oxygen atoms in total. The first-order valence-corrected chi connectivity index (χ1v) is 11.7. The van der Waals surface area contributed by atoms with Crippen LogP contribution in [0.1, 0.15) is 59.3 Å². The first-order chi connectivity index (χ1) is 16.1. The number of terminal acetylenes is 1. The van der Waals surface area contributed by atoms with Crippen molar-refractivity contribution in [3.63, 3.8) is 0 Å². The van der Waals surface area contributed by atoms with Crippen LogP contribution in [0.15, 0.2) is 0 Å². The Morgan fingerprint density at radius 1 is 0.824 bits per heavy atom. The number of esters is 4. The Balaban J connectivity index is 3.17. The summed E-state index contributed by atoms with van der Waals surface area (Å²) in [5.41, 5.74) is 0. The maximum absolute atomic E-state index is 12.6. The Kier molecular flexibility index (Phi) is 12.6. The molecule has 0 amide bonds. The van der Waals surface area contributed by atoms with E-state index >= 15 is 0 Å². The average Bonchev–Trinajstić information content (AvgIpc) is 2.72. The summed E-state index contributed by atoms with van der Waals surface area (Å²) in [5.74, 6) is 0.215. The lowest BCUT2D eigenvalue weighted by molar-refractivity contribution is -0.875. The first-order valence-electron chi connectivity index (χ1n) is 11.7. The van der Waals surface area contributed by atoms with Gasteiger partial charge in [0.05, 0.1) is 20.7 Å². The number of ether oxygens (including phenoxy) is 5. The minimum Gasteiger partial charge on any atom is -0.456 e. The lowest BCUT2D eigenvalue weighted by Gasteiger charge is -2.40. The van der Waals surface area contributed by atoms with Crippen molar-refractivity contribution in [2.75, 3.05) is 33.8 Å². The molecule has 0 aromatic carbocycles. The van der Waals surface area contributed by atoms with E-state index in [-0.39, 0.29) is 36.9 Å². The van der Waals surface area contributed by atoms with Gasteiger partial charge in [-0.3, -0.25) is 14.4 Å². The van der Waals surface area contributed by atoms with Gasteiger partial charge < -0.3 is 28.2 Å². The van der Waals surface area contributed by atoms with E-state index < -0.39 is 48.5 Å². The zero-order valence-corrected chi connectivity index (χ0v) is 20.9. The SMILES string of the molecule is C#CC[N+](C)(C)CC(=O)OC1OC[C@@H](OC(=O)CCC)[C@H](OC(=O)CCC)[C@H]1OC(=O)CCC. The normalized spacial score (nSPS) is 22.2. The molecule has 1 aliphatic rings. The number of rotatable bonds is 13. The van der Waals surface area contributed by atoms with Crippen molar-refractivity contribution in [1.82, 2.24) is 0 Å². The molecule has 1 aliphatic heterocycles. The maximum Gasteiger partial charge on any atom is 0.364 e. The van der Waals surface area contributed by atoms with Gasteiger partial charge >= 0.3 is 23.9 Å². The Morgan fingerprint density at radius 3 is 1.82 bits per heavy atom. The smallest absolute Gasteiger partial charge is 0.364 e. The van der Waals surface area contributed by atoms with Crippen LogP contribution < -0.4 is 0 Å². The highest BCUT2D eigenvalue weighted by atomic mass is 16.7. The zero-order chi connectivity index (χ0) is 25.7. The highest BCUT2D eigenvalue weighted by molar-refractivity contribution is 5.72. The topological polar surface area (TPSA) is 114 Å². The van der Waals surface area contributed by atoms with Gasteiger partial charge in [0.25, 0.3) is 0 Å². The number of quaternary nitrogens is 1. The summed E-state index contributed by atoms with van der Waals surface area (Å²) in [6.07, 6.45) is 2.47. The van der Waals surface area contributed by atoms with Crippen LogP contribution in [0.5, 0.6) is 0 Å². The monoisotopic (exact) mass is 484 g/mol. The van der Waals surface area contributed by atoms with Crippen LogP contribution in [0.3, 0.4) is 0 Å². The van der Waals surface area contributed by atoms with Gasteiger partial charge in [-0.15, -0.1) is 6.42 Å². The number of nitrogens with zero attached hydrogens (tertiary/aromatic N) is 1. The fourth-order valence-electron chi connectivity index (χ4n) is 3.29. The minimum atomic E-state index is -1.35. The summed E-state index contributed by atoms with van der Waals surface area (Å²) in [7, 11) is 3.53. The van der Waals surface area contributed by atoms with E-state index in [9.17, 15) is 19.2 Å². The number of carbonyl (C=O) groups excluding carboxylic acids is 4. The molecule has 0 saturated carbocycles. The second-order valence-corrected chi connectivity index (χ2v) is 8.83. The van der Waals surface area contributed by atoms with Gasteiger partial charge in [0.1, 0.15) is 6.54 Å². The molecule has 0 N–H and O–H groups in total. The quantitative estimate of drug-likeness (QED) is 0.167. The van der Waals surface area contributed by atoms with E-state index in [4.69, 9.17) is 30.1 Å². The van der Waals surface area contributed by atoms with E-state index in [1.165, 1.54) is 0 Å². The first kappa shape index (κ1) is 29.4. The van der Waals surface area contributed by atoms with Gasteiger partial charge in [0.2, 0.25) is 12.4 Å². The van der Waals surface area contributed by atoms with E-state index in [1.807, 2.05) is 13.8 Å². The van der Waals surface area contributed by atoms with E-state index in [0.29, 0.717) is 25.8 Å². The molecule has 0 radical (unpaired) electrons. The van der Waals surface area contributed by atoms with Crippen molar-refractivity contribution in [3.05, 3.63) is 0 Å². The van der Waals surface area contributed by atoms with E-state index in [0.717, 1.165) is 0 Å². The molecule has 0 bridgehead atoms. The number of hydrogen-bond donors (Lipinski definition) is 0. The molecule has 1 unspecified atom stereocenters. The predicted octanol–water partition coefficient (Wildman–Crippen LogP) is 1.73. The Labute approximate surface area is 201 Å². The Morgan fingerprint density at radius 2 is 1.32 bits per heavy atom. The van der Waals surface area contributed by atoms with E-state index in [1.54, 1.807) is 21.0 Å². The van der Waals surface area contributed by atoms with Gasteiger partial charge in [0.15, 0.2) is 18.8 Å². The van der Waals surface area contributed by atoms with Gasteiger partial charge in [-0.1, -0.05) is 20.8 Å². The second kappa shape index (κ2) is 14.6. The fraction of sp³-hybridized carbons (Fsp3) is 0.750. The van der Waals surface area contributed by atoms with Crippen molar-refractivity contribution in [2.45, 2.75) is 83.9 Å². The average molecular weight is 485 g/mol. The highest BCUT2D eigenvalue weighted by Crippen LogP contribution is 2.26. The standard InChI is InChI=1S/C24H38NO9/c1-7-11-18(26)31-17-16-30-24(34-21(29)15-25(5,6)14-10-4)23(33-20(28)13-9-3)22(17)32-19(27)12-8-2/h4,17,22-24H,7-9,11-16H2,1-3,5-6H3/q+1/t17-,22+,23-,24?/m1/s1. The third-order valence-electron chi connectivity index (χ3n) is 4.89. The Hall–Kier alpha value is -2.64. The zero-order valence-electron chi connectivity index (χ0n) is 20.9. The van der Waals surface area contributed by atoms with Crippen LogP contribution >= 0.6 is 0 Å². The van der Waals surface area contributed by atoms with Crippen molar-refractivity contribution < 1.29 is 47.3 Å². The summed E-state index contributed by atoms with van der Waals surface area (Å²) in [6.45, 7) is 5.46. The highest BCUT2D eigenvalue weighted by Gasteiger charge is 2.49. The summed E-state index contributed by atoms with van der Waals surface area (Å²) in [4.78, 5) is 49.5. The lowest BCUT2D eigenvalue weighted by atomic mass is 10.0. The van der Waals surface area contributed by atoms with E-state index in [2.05, 4.69) is 5.92 Å². The third kappa shape index (κ3) is 10.1. The van der Waals surface area contributed by atoms with Crippen LogP contribution in [-0.4, -0.2) is 86.8 Å². The van der Waals surface area contributed by atoms with Crippen molar-refractivity contribution >= 4 is 23.9 Å². The number of carbonyl (C=O) groups is 4. The molecule has 34 heavy (non-hydrogen) atoms. The fourth-order valence-corrected chi connectivity index (χ4v) is 3.29. The van der Waals surface area contributed by atoms with Gasteiger partial charge in [0, 0.05) is 19.3 Å². The Bertz CT molecular complexity index is 743. The number of likely N-dealkylation sites (N-methyl/N-ethyl adjacent to an activating group) is 1. The summed E-state index contributed by atoms with van der Waals surface area (Å²) < 4.78 is 27.9. The molecular weight excluding hydrogens is 446 g/mol. The lowest BCUT2D eigenvalue weighted by Crippen LogP contribution is -2.59. The minimum absolute atomic E-state index is 0.0606. The second-order valence-electron chi connectivity index (χ2n) is 8.83. The van der Waals surface area contributed by atoms with Gasteiger partial charge in [-0.2, -0.15) is 0 Å². The maximum atomic E-state index is 12.6. The van der Waals surface area contributed by atoms with Crippen molar-refractivity contribution in [1.29, 1.82) is 0 Å². The molecule has 10 heteroatoms. The predicted molar refractivity (Wildman–Crippen MR) is 121 cm³/mol. The molecule has 1 rings (SSSR count).